The van der Waals surface area contributed by atoms with E-state index in [0.717, 1.165) is 30.4 Å². The van der Waals surface area contributed by atoms with Crippen LogP contribution >= 0.6 is 11.8 Å². The van der Waals surface area contributed by atoms with Crippen molar-refractivity contribution in [3.05, 3.63) is 54.4 Å². The number of hydrogen-bond acceptors (Lipinski definition) is 7. The summed E-state index contributed by atoms with van der Waals surface area (Å²) in [6.45, 7) is 4.30. The molecule has 0 aliphatic carbocycles. The van der Waals surface area contributed by atoms with E-state index in [2.05, 4.69) is 31.9 Å². The van der Waals surface area contributed by atoms with Crippen molar-refractivity contribution in [2.24, 2.45) is 0 Å². The topological polar surface area (TPSA) is 81.5 Å². The number of hydrogen-bond donors (Lipinski definition) is 1. The van der Waals surface area contributed by atoms with Crippen LogP contribution in [-0.2, 0) is 4.79 Å². The predicted octanol–water partition coefficient (Wildman–Crippen LogP) is 4.56. The van der Waals surface area contributed by atoms with Crippen LogP contribution in [0.4, 0.5) is 5.69 Å². The van der Waals surface area contributed by atoms with E-state index in [1.807, 2.05) is 42.5 Å². The molecule has 0 spiro atoms. The Labute approximate surface area is 204 Å². The minimum absolute atomic E-state index is 0.117. The average Bonchev–Trinajstić information content (AvgIpc) is 3.31. The number of carbonyl (C=O) groups is 1. The lowest BCUT2D eigenvalue weighted by molar-refractivity contribution is -0.113. The Kier molecular flexibility index (Phi) is 8.08. The van der Waals surface area contributed by atoms with Crippen molar-refractivity contribution in [3.63, 3.8) is 0 Å². The van der Waals surface area contributed by atoms with Gasteiger partial charge in [-0.1, -0.05) is 24.2 Å². The molecule has 2 aromatic carbocycles. The number of aromatic nitrogens is 3. The lowest BCUT2D eigenvalue weighted by atomic mass is 10.1. The summed E-state index contributed by atoms with van der Waals surface area (Å²) in [5, 5.41) is 12.6. The molecule has 8 nitrogen and oxygen atoms in total. The second-order valence-corrected chi connectivity index (χ2v) is 9.16. The molecule has 0 saturated carbocycles. The lowest BCUT2D eigenvalue weighted by Crippen LogP contribution is -2.33. The van der Waals surface area contributed by atoms with Gasteiger partial charge in [-0.15, -0.1) is 10.2 Å². The maximum Gasteiger partial charge on any atom is 0.234 e. The molecule has 4 rings (SSSR count). The van der Waals surface area contributed by atoms with Gasteiger partial charge in [0, 0.05) is 17.4 Å². The van der Waals surface area contributed by atoms with Crippen molar-refractivity contribution in [1.29, 1.82) is 0 Å². The number of likely N-dealkylation sites (tertiary alicyclic amines) is 1. The van der Waals surface area contributed by atoms with Gasteiger partial charge in [0.15, 0.2) is 11.0 Å². The molecule has 1 fully saturated rings. The maximum atomic E-state index is 12.6. The number of nitrogens with one attached hydrogen (secondary N) is 1. The summed E-state index contributed by atoms with van der Waals surface area (Å²) in [5.74, 6) is 2.45. The third-order valence-electron chi connectivity index (χ3n) is 5.99. The molecule has 2 heterocycles. The standard InChI is InChI=1S/C25H31N5O3S/c1-18(29-14-5-4-6-15-29)24-27-28-25(30(24)20-10-12-21(32-2)13-11-20)34-17-23(31)26-19-8-7-9-22(16-19)33-3/h7-13,16,18H,4-6,14-15,17H2,1-3H3,(H,26,31). The molecule has 34 heavy (non-hydrogen) atoms. The average molecular weight is 482 g/mol. The van der Waals surface area contributed by atoms with Crippen molar-refractivity contribution < 1.29 is 14.3 Å². The van der Waals surface area contributed by atoms with Crippen molar-refractivity contribution in [2.45, 2.75) is 37.4 Å². The zero-order valence-electron chi connectivity index (χ0n) is 19.9. The number of rotatable bonds is 9. The minimum Gasteiger partial charge on any atom is -0.497 e. The Morgan fingerprint density at radius 2 is 1.76 bits per heavy atom. The fraction of sp³-hybridized carbons (Fsp3) is 0.400. The van der Waals surface area contributed by atoms with E-state index >= 15 is 0 Å². The van der Waals surface area contributed by atoms with Gasteiger partial charge in [-0.2, -0.15) is 0 Å². The molecule has 1 aromatic heterocycles. The molecule has 1 unspecified atom stereocenters. The van der Waals surface area contributed by atoms with E-state index in [9.17, 15) is 4.79 Å². The Bertz CT molecular complexity index is 1100. The molecule has 0 bridgehead atoms. The fourth-order valence-electron chi connectivity index (χ4n) is 4.12. The van der Waals surface area contributed by atoms with E-state index in [4.69, 9.17) is 9.47 Å². The van der Waals surface area contributed by atoms with Gasteiger partial charge >= 0.3 is 0 Å². The van der Waals surface area contributed by atoms with E-state index in [1.165, 1.54) is 31.0 Å². The van der Waals surface area contributed by atoms with Crippen LogP contribution in [0.25, 0.3) is 5.69 Å². The Balaban J connectivity index is 1.54. The molecule has 1 saturated heterocycles. The normalized spacial score (nSPS) is 15.0. The zero-order chi connectivity index (χ0) is 23.9. The van der Waals surface area contributed by atoms with Crippen LogP contribution in [-0.4, -0.2) is 58.6 Å². The Hall–Kier alpha value is -3.04. The number of amides is 1. The summed E-state index contributed by atoms with van der Waals surface area (Å²) in [5.41, 5.74) is 1.64. The lowest BCUT2D eigenvalue weighted by Gasteiger charge is -2.31. The van der Waals surface area contributed by atoms with Crippen LogP contribution in [0.1, 0.15) is 38.1 Å². The SMILES string of the molecule is COc1ccc(-n2c(SCC(=O)Nc3cccc(OC)c3)nnc2C(C)N2CCCCC2)cc1. The fourth-order valence-corrected chi connectivity index (χ4v) is 4.88. The van der Waals surface area contributed by atoms with E-state index < -0.39 is 0 Å². The monoisotopic (exact) mass is 481 g/mol. The molecule has 1 N–H and O–H groups in total. The largest absolute Gasteiger partial charge is 0.497 e. The smallest absolute Gasteiger partial charge is 0.234 e. The second kappa shape index (κ2) is 11.4. The molecule has 1 amide bonds. The predicted molar refractivity (Wildman–Crippen MR) is 134 cm³/mol. The maximum absolute atomic E-state index is 12.6. The van der Waals surface area contributed by atoms with Crippen LogP contribution in [0.2, 0.25) is 0 Å². The number of thioether (sulfide) groups is 1. The first-order valence-electron chi connectivity index (χ1n) is 11.5. The van der Waals surface area contributed by atoms with Gasteiger partial charge in [0.1, 0.15) is 11.5 Å². The summed E-state index contributed by atoms with van der Waals surface area (Å²) in [4.78, 5) is 15.1. The number of methoxy groups -OCH3 is 2. The highest BCUT2D eigenvalue weighted by Crippen LogP contribution is 2.30. The second-order valence-electron chi connectivity index (χ2n) is 8.22. The van der Waals surface area contributed by atoms with Crippen LogP contribution in [0.3, 0.4) is 0 Å². The highest BCUT2D eigenvalue weighted by Gasteiger charge is 2.26. The number of carbonyl (C=O) groups excluding carboxylic acids is 1. The van der Waals surface area contributed by atoms with Crippen molar-refractivity contribution in [2.75, 3.05) is 38.4 Å². The number of anilines is 1. The van der Waals surface area contributed by atoms with Crippen LogP contribution in [0.15, 0.2) is 53.7 Å². The quantitative estimate of drug-likeness (QED) is 0.449. The molecule has 1 aliphatic heterocycles. The molecular formula is C25H31N5O3S. The van der Waals surface area contributed by atoms with Gasteiger partial charge in [0.25, 0.3) is 0 Å². The molecule has 1 aliphatic rings. The summed E-state index contributed by atoms with van der Waals surface area (Å²) in [6.07, 6.45) is 3.68. The Morgan fingerprint density at radius 3 is 2.47 bits per heavy atom. The third kappa shape index (κ3) is 5.71. The summed E-state index contributed by atoms with van der Waals surface area (Å²) < 4.78 is 12.6. The molecule has 3 aromatic rings. The van der Waals surface area contributed by atoms with Crippen molar-refractivity contribution in [1.82, 2.24) is 19.7 Å². The van der Waals surface area contributed by atoms with Gasteiger partial charge < -0.3 is 14.8 Å². The van der Waals surface area contributed by atoms with Crippen molar-refractivity contribution >= 4 is 23.4 Å². The summed E-state index contributed by atoms with van der Waals surface area (Å²) in [7, 11) is 3.26. The first kappa shape index (κ1) is 24.1. The van der Waals surface area contributed by atoms with Crippen LogP contribution in [0, 0.1) is 0 Å². The van der Waals surface area contributed by atoms with Crippen LogP contribution < -0.4 is 14.8 Å². The molecule has 1 atom stereocenters. The summed E-state index contributed by atoms with van der Waals surface area (Å²) >= 11 is 1.37. The minimum atomic E-state index is -0.117. The van der Waals surface area contributed by atoms with Gasteiger partial charge in [0.05, 0.1) is 26.0 Å². The van der Waals surface area contributed by atoms with E-state index in [0.29, 0.717) is 16.6 Å². The number of piperidine rings is 1. The summed E-state index contributed by atoms with van der Waals surface area (Å²) in [6, 6.07) is 15.3. The Morgan fingerprint density at radius 1 is 1.03 bits per heavy atom. The number of benzene rings is 2. The molecular weight excluding hydrogens is 450 g/mol. The first-order chi connectivity index (χ1) is 16.6. The van der Waals surface area contributed by atoms with Gasteiger partial charge in [-0.3, -0.25) is 14.3 Å². The highest BCUT2D eigenvalue weighted by molar-refractivity contribution is 7.99. The number of nitrogens with zero attached hydrogens (tertiary/aromatic N) is 4. The van der Waals surface area contributed by atoms with E-state index in [1.54, 1.807) is 20.3 Å². The highest BCUT2D eigenvalue weighted by atomic mass is 32.2. The van der Waals surface area contributed by atoms with Crippen LogP contribution in [0.5, 0.6) is 11.5 Å². The number of ether oxygens (including phenoxy) is 2. The van der Waals surface area contributed by atoms with E-state index in [-0.39, 0.29) is 17.7 Å². The molecule has 9 heteroatoms. The third-order valence-corrected chi connectivity index (χ3v) is 6.92. The molecule has 0 radical (unpaired) electrons. The van der Waals surface area contributed by atoms with Crippen molar-refractivity contribution in [3.8, 4) is 17.2 Å². The molecule has 180 valence electrons. The zero-order valence-corrected chi connectivity index (χ0v) is 20.7. The van der Waals surface area contributed by atoms with Gasteiger partial charge in [-0.25, -0.2) is 0 Å². The van der Waals surface area contributed by atoms with Gasteiger partial charge in [0.2, 0.25) is 5.91 Å². The first-order valence-corrected chi connectivity index (χ1v) is 12.5. The van der Waals surface area contributed by atoms with Gasteiger partial charge in [-0.05, 0) is 69.3 Å².